The van der Waals surface area contributed by atoms with Gasteiger partial charge in [0.2, 0.25) is 0 Å². The van der Waals surface area contributed by atoms with Crippen LogP contribution in [0.2, 0.25) is 0 Å². The summed E-state index contributed by atoms with van der Waals surface area (Å²) in [5, 5.41) is 14.6. The Morgan fingerprint density at radius 2 is 2.22 bits per heavy atom. The van der Waals surface area contributed by atoms with Crippen molar-refractivity contribution in [2.24, 2.45) is 5.92 Å². The average Bonchev–Trinajstić information content (AvgIpc) is 2.89. The largest absolute Gasteiger partial charge is 0.480 e. The van der Waals surface area contributed by atoms with E-state index in [-0.39, 0.29) is 12.5 Å². The summed E-state index contributed by atoms with van der Waals surface area (Å²) in [5.41, 5.74) is 1.80. The second-order valence-corrected chi connectivity index (χ2v) is 6.36. The summed E-state index contributed by atoms with van der Waals surface area (Å²) in [5.74, 6) is -0.861. The van der Waals surface area contributed by atoms with Crippen LogP contribution in [0.4, 0.5) is 0 Å². The fourth-order valence-corrected chi connectivity index (χ4v) is 3.96. The highest BCUT2D eigenvalue weighted by Gasteiger charge is 2.51. The van der Waals surface area contributed by atoms with E-state index in [0.717, 1.165) is 41.7 Å². The minimum atomic E-state index is -1.05. The van der Waals surface area contributed by atoms with Crippen LogP contribution in [0.15, 0.2) is 42.0 Å². The number of piperidine rings is 1. The predicted molar refractivity (Wildman–Crippen MR) is 87.5 cm³/mol. The lowest BCUT2D eigenvalue weighted by Gasteiger charge is -2.39. The third-order valence-electron chi connectivity index (χ3n) is 5.17. The standard InChI is InChI=1S/C18H20N2O3/c21-17(22)18(16-9-12-3-1-2-4-15(12)20-16)11-23-8-6-13-10-19-7-5-14(13)18/h1-4,6,9,14,19-20H,5,7-8,10-11H2,(H,21,22). The van der Waals surface area contributed by atoms with Gasteiger partial charge in [-0.05, 0) is 30.5 Å². The van der Waals surface area contributed by atoms with E-state index in [1.54, 1.807) is 0 Å². The third-order valence-corrected chi connectivity index (χ3v) is 5.17. The molecule has 23 heavy (non-hydrogen) atoms. The number of para-hydroxylation sites is 1. The number of fused-ring (bicyclic) bond motifs is 2. The van der Waals surface area contributed by atoms with E-state index >= 15 is 0 Å². The minimum Gasteiger partial charge on any atom is -0.480 e. The number of ether oxygens (including phenoxy) is 1. The van der Waals surface area contributed by atoms with Crippen molar-refractivity contribution in [1.82, 2.24) is 10.3 Å². The summed E-state index contributed by atoms with van der Waals surface area (Å²) in [6.45, 7) is 2.24. The van der Waals surface area contributed by atoms with E-state index in [1.807, 2.05) is 36.4 Å². The van der Waals surface area contributed by atoms with Gasteiger partial charge in [0.15, 0.2) is 0 Å². The van der Waals surface area contributed by atoms with Crippen LogP contribution in [-0.4, -0.2) is 42.4 Å². The van der Waals surface area contributed by atoms with E-state index in [1.165, 1.54) is 0 Å². The third kappa shape index (κ3) is 2.19. The van der Waals surface area contributed by atoms with Crippen LogP contribution in [0.3, 0.4) is 0 Å². The zero-order valence-corrected chi connectivity index (χ0v) is 12.8. The van der Waals surface area contributed by atoms with Gasteiger partial charge in [-0.15, -0.1) is 0 Å². The first-order chi connectivity index (χ1) is 11.2. The molecule has 0 aliphatic carbocycles. The smallest absolute Gasteiger partial charge is 0.318 e. The Bertz CT molecular complexity index is 746. The highest BCUT2D eigenvalue weighted by molar-refractivity contribution is 5.87. The Morgan fingerprint density at radius 1 is 1.35 bits per heavy atom. The molecule has 3 heterocycles. The monoisotopic (exact) mass is 312 g/mol. The first-order valence-corrected chi connectivity index (χ1v) is 8.01. The number of aromatic nitrogens is 1. The number of nitrogens with one attached hydrogen (secondary N) is 2. The second kappa shape index (κ2) is 5.51. The lowest BCUT2D eigenvalue weighted by atomic mass is 9.67. The number of H-pyrrole nitrogens is 1. The molecule has 1 aromatic carbocycles. The van der Waals surface area contributed by atoms with Gasteiger partial charge in [0.1, 0.15) is 5.41 Å². The van der Waals surface area contributed by atoms with Crippen molar-refractivity contribution in [3.05, 3.63) is 47.7 Å². The summed E-state index contributed by atoms with van der Waals surface area (Å²) < 4.78 is 5.71. The number of benzene rings is 1. The second-order valence-electron chi connectivity index (χ2n) is 6.36. The van der Waals surface area contributed by atoms with E-state index in [0.29, 0.717) is 6.61 Å². The molecule has 0 bridgehead atoms. The van der Waals surface area contributed by atoms with Crippen LogP contribution >= 0.6 is 0 Å². The Kier molecular flexibility index (Phi) is 3.47. The van der Waals surface area contributed by atoms with Crippen molar-refractivity contribution in [3.63, 3.8) is 0 Å². The summed E-state index contributed by atoms with van der Waals surface area (Å²) in [6.07, 6.45) is 2.85. The van der Waals surface area contributed by atoms with Crippen LogP contribution in [0, 0.1) is 5.92 Å². The summed E-state index contributed by atoms with van der Waals surface area (Å²) in [4.78, 5) is 15.8. The molecule has 4 rings (SSSR count). The molecule has 5 heteroatoms. The zero-order chi connectivity index (χ0) is 15.9. The molecule has 2 aromatic rings. The van der Waals surface area contributed by atoms with Crippen molar-refractivity contribution in [3.8, 4) is 0 Å². The lowest BCUT2D eigenvalue weighted by molar-refractivity contribution is -0.149. The molecule has 2 unspecified atom stereocenters. The Labute approximate surface area is 134 Å². The number of hydrogen-bond donors (Lipinski definition) is 3. The molecule has 0 radical (unpaired) electrons. The molecule has 3 N–H and O–H groups in total. The number of carboxylic acid groups (broad SMARTS) is 1. The molecule has 2 atom stereocenters. The first-order valence-electron chi connectivity index (χ1n) is 8.01. The number of aliphatic carboxylic acids is 1. The quantitative estimate of drug-likeness (QED) is 0.742. The molecule has 1 aromatic heterocycles. The highest BCUT2D eigenvalue weighted by Crippen LogP contribution is 2.42. The van der Waals surface area contributed by atoms with Crippen molar-refractivity contribution in [1.29, 1.82) is 0 Å². The van der Waals surface area contributed by atoms with Gasteiger partial charge >= 0.3 is 5.97 Å². The number of hydrogen-bond acceptors (Lipinski definition) is 3. The summed E-state index contributed by atoms with van der Waals surface area (Å²) in [7, 11) is 0. The number of carbonyl (C=O) groups is 1. The molecular weight excluding hydrogens is 292 g/mol. The van der Waals surface area contributed by atoms with Crippen LogP contribution < -0.4 is 5.32 Å². The van der Waals surface area contributed by atoms with E-state index < -0.39 is 11.4 Å². The molecule has 5 nitrogen and oxygen atoms in total. The fourth-order valence-electron chi connectivity index (χ4n) is 3.96. The summed E-state index contributed by atoms with van der Waals surface area (Å²) >= 11 is 0. The van der Waals surface area contributed by atoms with Crippen molar-refractivity contribution in [2.45, 2.75) is 11.8 Å². The van der Waals surface area contributed by atoms with Crippen molar-refractivity contribution in [2.75, 3.05) is 26.3 Å². The molecule has 120 valence electrons. The molecule has 2 aliphatic rings. The average molecular weight is 312 g/mol. The molecule has 1 saturated heterocycles. The first kappa shape index (κ1) is 14.5. The maximum absolute atomic E-state index is 12.4. The SMILES string of the molecule is O=C(O)C1(c2cc3ccccc3[nH]2)COCC=C2CNCCC21. The fraction of sp³-hybridized carbons (Fsp3) is 0.389. The summed E-state index contributed by atoms with van der Waals surface area (Å²) in [6, 6.07) is 9.87. The number of carboxylic acids is 1. The van der Waals surface area contributed by atoms with Gasteiger partial charge in [0, 0.05) is 23.7 Å². The predicted octanol–water partition coefficient (Wildman–Crippen LogP) is 2.06. The molecule has 0 spiro atoms. The maximum Gasteiger partial charge on any atom is 0.318 e. The molecule has 1 fully saturated rings. The van der Waals surface area contributed by atoms with Gasteiger partial charge in [-0.2, -0.15) is 0 Å². The van der Waals surface area contributed by atoms with E-state index in [9.17, 15) is 9.90 Å². The van der Waals surface area contributed by atoms with Crippen LogP contribution in [0.1, 0.15) is 12.1 Å². The molecule has 2 aliphatic heterocycles. The molecule has 0 amide bonds. The topological polar surface area (TPSA) is 74.3 Å². The maximum atomic E-state index is 12.4. The Hall–Kier alpha value is -2.11. The normalized spacial score (nSPS) is 28.0. The van der Waals surface area contributed by atoms with Gasteiger partial charge in [-0.25, -0.2) is 0 Å². The van der Waals surface area contributed by atoms with Crippen LogP contribution in [0.5, 0.6) is 0 Å². The molecule has 0 saturated carbocycles. The van der Waals surface area contributed by atoms with E-state index in [2.05, 4.69) is 10.3 Å². The van der Waals surface area contributed by atoms with Gasteiger partial charge < -0.3 is 20.1 Å². The highest BCUT2D eigenvalue weighted by atomic mass is 16.5. The Morgan fingerprint density at radius 3 is 3.04 bits per heavy atom. The minimum absolute atomic E-state index is 0.0446. The van der Waals surface area contributed by atoms with Crippen molar-refractivity contribution < 1.29 is 14.6 Å². The van der Waals surface area contributed by atoms with Crippen molar-refractivity contribution >= 4 is 16.9 Å². The van der Waals surface area contributed by atoms with Crippen LogP contribution in [-0.2, 0) is 14.9 Å². The lowest BCUT2D eigenvalue weighted by Crippen LogP contribution is -2.51. The Balaban J connectivity index is 1.90. The van der Waals surface area contributed by atoms with Crippen LogP contribution in [0.25, 0.3) is 10.9 Å². The van der Waals surface area contributed by atoms with Gasteiger partial charge in [-0.3, -0.25) is 4.79 Å². The van der Waals surface area contributed by atoms with Gasteiger partial charge in [-0.1, -0.05) is 29.8 Å². The number of rotatable bonds is 2. The number of aromatic amines is 1. The van der Waals surface area contributed by atoms with E-state index in [4.69, 9.17) is 4.74 Å². The van der Waals surface area contributed by atoms with Gasteiger partial charge in [0.25, 0.3) is 0 Å². The molecular formula is C18H20N2O3. The van der Waals surface area contributed by atoms with Gasteiger partial charge in [0.05, 0.1) is 13.2 Å². The zero-order valence-electron chi connectivity index (χ0n) is 12.8.